The van der Waals surface area contributed by atoms with Crippen LogP contribution in [0.15, 0.2) is 42.5 Å². The van der Waals surface area contributed by atoms with Gasteiger partial charge in [-0.3, -0.25) is 0 Å². The van der Waals surface area contributed by atoms with E-state index in [2.05, 4.69) is 0 Å². The average molecular weight is 276 g/mol. The molecule has 0 aliphatic carbocycles. The molecule has 0 heterocycles. The second-order valence-electron chi connectivity index (χ2n) is 4.60. The molecule has 0 bridgehead atoms. The number of hydrogen-bond acceptors (Lipinski definition) is 2. The third-order valence-electron chi connectivity index (χ3n) is 3.20. The molecule has 0 fully saturated rings. The van der Waals surface area contributed by atoms with Crippen molar-refractivity contribution in [3.05, 3.63) is 59.2 Å². The lowest BCUT2D eigenvalue weighted by Crippen LogP contribution is -2.12. The van der Waals surface area contributed by atoms with Crippen LogP contribution in [0.25, 0.3) is 0 Å². The maximum atomic E-state index is 12.4. The Morgan fingerprint density at radius 2 is 1.58 bits per heavy atom. The maximum absolute atomic E-state index is 12.4. The molecule has 100 valence electrons. The van der Waals surface area contributed by atoms with Gasteiger partial charge in [0.25, 0.3) is 0 Å². The Morgan fingerprint density at radius 1 is 0.947 bits per heavy atom. The van der Waals surface area contributed by atoms with Gasteiger partial charge in [0.15, 0.2) is 0 Å². The van der Waals surface area contributed by atoms with Crippen molar-refractivity contribution in [1.29, 1.82) is 0 Å². The van der Waals surface area contributed by atoms with Gasteiger partial charge in [-0.05, 0) is 49.6 Å². The summed E-state index contributed by atoms with van der Waals surface area (Å²) in [6.07, 6.45) is 0. The average Bonchev–Trinajstić information content (AvgIpc) is 2.35. The highest BCUT2D eigenvalue weighted by Gasteiger charge is 2.26. The van der Waals surface area contributed by atoms with Crippen LogP contribution in [0, 0.1) is 20.8 Å². The van der Waals surface area contributed by atoms with Crippen molar-refractivity contribution in [3.8, 4) is 5.75 Å². The van der Waals surface area contributed by atoms with Crippen LogP contribution in [-0.4, -0.2) is 4.89 Å². The number of hydrogen-bond donors (Lipinski definition) is 1. The fraction of sp³-hybridized carbons (Fsp3) is 0.200. The molecule has 2 rings (SSSR count). The molecule has 0 aromatic heterocycles. The lowest BCUT2D eigenvalue weighted by atomic mass is 10.1. The molecule has 0 saturated carbocycles. The molecule has 2 aromatic carbocycles. The molecule has 1 N–H and O–H groups in total. The highest BCUT2D eigenvalue weighted by atomic mass is 31.2. The molecule has 0 saturated heterocycles. The summed E-state index contributed by atoms with van der Waals surface area (Å²) in [5.74, 6) is 0.453. The third-order valence-corrected chi connectivity index (χ3v) is 4.75. The van der Waals surface area contributed by atoms with Crippen LogP contribution in [0.3, 0.4) is 0 Å². The summed E-state index contributed by atoms with van der Waals surface area (Å²) in [6, 6.07) is 12.5. The smallest absolute Gasteiger partial charge is 0.408 e. The summed E-state index contributed by atoms with van der Waals surface area (Å²) in [6.45, 7) is 5.62. The van der Waals surface area contributed by atoms with Gasteiger partial charge in [-0.2, -0.15) is 0 Å². The van der Waals surface area contributed by atoms with Crippen molar-refractivity contribution < 1.29 is 14.0 Å². The van der Waals surface area contributed by atoms with Gasteiger partial charge in [0.2, 0.25) is 0 Å². The van der Waals surface area contributed by atoms with Crippen LogP contribution in [0.2, 0.25) is 0 Å². The van der Waals surface area contributed by atoms with Gasteiger partial charge in [-0.1, -0.05) is 30.3 Å². The first kappa shape index (κ1) is 13.9. The van der Waals surface area contributed by atoms with Crippen LogP contribution in [0.4, 0.5) is 0 Å². The van der Waals surface area contributed by atoms with Gasteiger partial charge in [0.05, 0.1) is 5.30 Å². The number of benzene rings is 2. The molecular formula is C15H17O3P. The minimum Gasteiger partial charge on any atom is -0.421 e. The van der Waals surface area contributed by atoms with Crippen LogP contribution >= 0.6 is 7.60 Å². The van der Waals surface area contributed by atoms with E-state index < -0.39 is 7.60 Å². The summed E-state index contributed by atoms with van der Waals surface area (Å²) >= 11 is 0. The van der Waals surface area contributed by atoms with E-state index in [4.69, 9.17) is 4.52 Å². The molecule has 1 unspecified atom stereocenters. The van der Waals surface area contributed by atoms with Crippen molar-refractivity contribution in [3.63, 3.8) is 0 Å². The minimum atomic E-state index is -3.85. The van der Waals surface area contributed by atoms with Crippen LogP contribution < -0.4 is 9.83 Å². The summed E-state index contributed by atoms with van der Waals surface area (Å²) < 4.78 is 17.8. The molecule has 0 aliphatic heterocycles. The van der Waals surface area contributed by atoms with Gasteiger partial charge < -0.3 is 9.42 Å². The van der Waals surface area contributed by atoms with Gasteiger partial charge >= 0.3 is 7.60 Å². The van der Waals surface area contributed by atoms with Crippen molar-refractivity contribution in [2.75, 3.05) is 0 Å². The van der Waals surface area contributed by atoms with Crippen molar-refractivity contribution in [2.24, 2.45) is 0 Å². The zero-order valence-corrected chi connectivity index (χ0v) is 12.1. The predicted octanol–water partition coefficient (Wildman–Crippen LogP) is 3.50. The van der Waals surface area contributed by atoms with E-state index in [0.717, 1.165) is 16.7 Å². The molecular weight excluding hydrogens is 259 g/mol. The Hall–Kier alpha value is -1.57. The first-order valence-corrected chi connectivity index (χ1v) is 7.64. The molecule has 0 amide bonds. The van der Waals surface area contributed by atoms with Crippen LogP contribution in [-0.2, 0) is 4.57 Å². The summed E-state index contributed by atoms with van der Waals surface area (Å²) in [7, 11) is -3.85. The second kappa shape index (κ2) is 5.20. The lowest BCUT2D eigenvalue weighted by molar-refractivity contribution is 0.392. The van der Waals surface area contributed by atoms with Gasteiger partial charge in [-0.15, -0.1) is 0 Å². The third kappa shape index (κ3) is 2.89. The van der Waals surface area contributed by atoms with E-state index in [-0.39, 0.29) is 0 Å². The SMILES string of the molecule is Cc1ccccc1P(=O)(O)Oc1cccc(C)c1C. The quantitative estimate of drug-likeness (QED) is 0.873. The topological polar surface area (TPSA) is 46.5 Å². The molecule has 2 aromatic rings. The molecule has 1 atom stereocenters. The summed E-state index contributed by atoms with van der Waals surface area (Å²) in [5.41, 5.74) is 2.66. The zero-order valence-electron chi connectivity index (χ0n) is 11.3. The molecule has 19 heavy (non-hydrogen) atoms. The lowest BCUT2D eigenvalue weighted by Gasteiger charge is -2.17. The fourth-order valence-corrected chi connectivity index (χ4v) is 3.24. The molecule has 3 nitrogen and oxygen atoms in total. The molecule has 0 aliphatic rings. The second-order valence-corrected chi connectivity index (χ2v) is 6.30. The molecule has 0 spiro atoms. The Labute approximate surface area is 113 Å². The standard InChI is InChI=1S/C15H17O3P/c1-11-8-6-9-14(13(11)3)18-19(16,17)15-10-5-4-7-12(15)2/h4-10H,1-3H3,(H,16,17). The van der Waals surface area contributed by atoms with Gasteiger partial charge in [-0.25, -0.2) is 4.57 Å². The van der Waals surface area contributed by atoms with E-state index in [1.165, 1.54) is 0 Å². The van der Waals surface area contributed by atoms with Crippen molar-refractivity contribution >= 4 is 12.9 Å². The Morgan fingerprint density at radius 3 is 2.26 bits per heavy atom. The normalized spacial score (nSPS) is 13.9. The monoisotopic (exact) mass is 276 g/mol. The van der Waals surface area contributed by atoms with Crippen molar-refractivity contribution in [2.45, 2.75) is 20.8 Å². The predicted molar refractivity (Wildman–Crippen MR) is 77.2 cm³/mol. The highest BCUT2D eigenvalue weighted by molar-refractivity contribution is 7.61. The zero-order chi connectivity index (χ0) is 14.0. The summed E-state index contributed by atoms with van der Waals surface area (Å²) in [4.78, 5) is 10.2. The number of rotatable bonds is 3. The minimum absolute atomic E-state index is 0.343. The Kier molecular flexibility index (Phi) is 3.79. The van der Waals surface area contributed by atoms with Gasteiger partial charge in [0.1, 0.15) is 5.75 Å². The van der Waals surface area contributed by atoms with Crippen LogP contribution in [0.1, 0.15) is 16.7 Å². The highest BCUT2D eigenvalue weighted by Crippen LogP contribution is 2.43. The van der Waals surface area contributed by atoms with E-state index in [1.807, 2.05) is 32.0 Å². The first-order chi connectivity index (χ1) is 8.92. The first-order valence-electron chi connectivity index (χ1n) is 6.06. The largest absolute Gasteiger partial charge is 0.421 e. The molecule has 0 radical (unpaired) electrons. The van der Waals surface area contributed by atoms with Gasteiger partial charge in [0, 0.05) is 0 Å². The summed E-state index contributed by atoms with van der Waals surface area (Å²) in [5, 5.41) is 0.343. The Bertz CT molecular complexity index is 650. The number of aryl methyl sites for hydroxylation is 2. The van der Waals surface area contributed by atoms with Crippen molar-refractivity contribution in [1.82, 2.24) is 0 Å². The fourth-order valence-electron chi connectivity index (χ4n) is 1.89. The Balaban J connectivity index is 2.40. The molecule has 4 heteroatoms. The van der Waals surface area contributed by atoms with Crippen LogP contribution in [0.5, 0.6) is 5.75 Å². The maximum Gasteiger partial charge on any atom is 0.408 e. The van der Waals surface area contributed by atoms with E-state index in [1.54, 1.807) is 31.2 Å². The van der Waals surface area contributed by atoms with E-state index in [9.17, 15) is 9.46 Å². The van der Waals surface area contributed by atoms with E-state index in [0.29, 0.717) is 11.1 Å². The van der Waals surface area contributed by atoms with E-state index >= 15 is 0 Å².